The third kappa shape index (κ3) is 3.24. The fourth-order valence-corrected chi connectivity index (χ4v) is 2.38. The van der Waals surface area contributed by atoms with Crippen molar-refractivity contribution in [1.82, 2.24) is 0 Å². The topological polar surface area (TPSA) is 34.1 Å². The van der Waals surface area contributed by atoms with Crippen molar-refractivity contribution in [1.29, 1.82) is 0 Å². The molecule has 1 aliphatic carbocycles. The molecular weight excluding hydrogens is 371 g/mol. The van der Waals surface area contributed by atoms with Crippen molar-refractivity contribution in [2.24, 2.45) is 5.41 Å². The van der Waals surface area contributed by atoms with Gasteiger partial charge in [-0.15, -0.1) is 0 Å². The summed E-state index contributed by atoms with van der Waals surface area (Å²) in [6, 6.07) is 0. The zero-order valence-electron chi connectivity index (χ0n) is 9.63. The summed E-state index contributed by atoms with van der Waals surface area (Å²) in [6.07, 6.45) is 0. The molecule has 0 fully saturated rings. The van der Waals surface area contributed by atoms with Gasteiger partial charge < -0.3 is 0 Å². The Morgan fingerprint density at radius 3 is 1.33 bits per heavy atom. The monoisotopic (exact) mass is 386 g/mol. The van der Waals surface area contributed by atoms with Crippen molar-refractivity contribution in [2.75, 3.05) is 0 Å². The normalized spacial score (nSPS) is 17.8. The van der Waals surface area contributed by atoms with E-state index >= 15 is 0 Å². The summed E-state index contributed by atoms with van der Waals surface area (Å²) in [7, 11) is 0. The largest absolute Gasteiger partial charge is 0.281 e. The molecule has 0 saturated carbocycles. The van der Waals surface area contributed by atoms with Crippen LogP contribution in [0.15, 0.2) is 20.7 Å². The third-order valence-corrected chi connectivity index (χ3v) is 5.15. The molecule has 0 saturated heterocycles. The Morgan fingerprint density at radius 2 is 1.27 bits per heavy atom. The van der Waals surface area contributed by atoms with E-state index in [9.17, 15) is 0 Å². The van der Waals surface area contributed by atoms with Crippen molar-refractivity contribution in [2.45, 2.75) is 34.6 Å². The van der Waals surface area contributed by atoms with Gasteiger partial charge in [0.15, 0.2) is 0 Å². The first-order valence-corrected chi connectivity index (χ1v) is 5.45. The number of rotatable bonds is 0. The molecule has 0 unspecified atom stereocenters. The Bertz CT molecular complexity index is 260. The van der Waals surface area contributed by atoms with E-state index in [1.165, 1.54) is 20.7 Å². The zero-order valence-corrected chi connectivity index (χ0v) is 11.9. The molecule has 85 valence electrons. The summed E-state index contributed by atoms with van der Waals surface area (Å²) in [6.45, 7) is 20.3. The van der Waals surface area contributed by atoms with Crippen LogP contribution in [0, 0.1) is 5.41 Å². The summed E-state index contributed by atoms with van der Waals surface area (Å²) in [5.74, 6) is 0. The van der Waals surface area contributed by atoms with Gasteiger partial charge in [-0.1, -0.05) is 0 Å². The molecule has 4 radical (unpaired) electrons. The average Bonchev–Trinajstić information content (AvgIpc) is 2.40. The molecule has 0 aromatic heterocycles. The van der Waals surface area contributed by atoms with Gasteiger partial charge in [0.25, 0.3) is 13.6 Å². The van der Waals surface area contributed by atoms with Gasteiger partial charge in [0, 0.05) is 0 Å². The number of hydrogen-bond acceptors (Lipinski definition) is 2. The SMILES string of the molecule is CC1=C(C)C(C)(C)[C]([Pt])=C1C.[C]=O.[C]=O. The first kappa shape index (κ1) is 16.9. The number of carbonyl (C=O) groups excluding carboxylic acids is 2. The fourth-order valence-electron chi connectivity index (χ4n) is 1.52. The molecule has 1 aliphatic rings. The van der Waals surface area contributed by atoms with E-state index < -0.39 is 0 Å². The van der Waals surface area contributed by atoms with Gasteiger partial charge >= 0.3 is 80.5 Å². The smallest absolute Gasteiger partial charge is 0.281 e. The second-order valence-electron chi connectivity index (χ2n) is 3.78. The van der Waals surface area contributed by atoms with E-state index in [0.29, 0.717) is 5.41 Å². The Morgan fingerprint density at radius 1 is 0.933 bits per heavy atom. The molecule has 0 aliphatic heterocycles. The van der Waals surface area contributed by atoms with Crippen LogP contribution >= 0.6 is 0 Å². The van der Waals surface area contributed by atoms with Gasteiger partial charge in [-0.25, -0.2) is 0 Å². The van der Waals surface area contributed by atoms with Crippen molar-refractivity contribution >= 4 is 13.6 Å². The zero-order chi connectivity index (χ0) is 12.8. The van der Waals surface area contributed by atoms with E-state index in [1.54, 1.807) is 0 Å². The van der Waals surface area contributed by atoms with Crippen LogP contribution in [0.25, 0.3) is 0 Å². The standard InChI is InChI=1S/C10H15.2CO.Pt/c1-7-6-10(4,5)9(3)8(7)2;2*1-2;/h1-5H3;;;. The predicted molar refractivity (Wildman–Crippen MR) is 56.2 cm³/mol. The van der Waals surface area contributed by atoms with Crippen LogP contribution in [0.1, 0.15) is 34.6 Å². The van der Waals surface area contributed by atoms with E-state index in [4.69, 9.17) is 9.59 Å². The number of allylic oxidation sites excluding steroid dienone is 4. The Hall–Kier alpha value is -0.492. The van der Waals surface area contributed by atoms with Crippen LogP contribution in [-0.2, 0) is 29.4 Å². The van der Waals surface area contributed by atoms with E-state index in [0.717, 1.165) is 0 Å². The van der Waals surface area contributed by atoms with Gasteiger partial charge in [-0.2, -0.15) is 0 Å². The van der Waals surface area contributed by atoms with Crippen molar-refractivity contribution in [3.05, 3.63) is 20.7 Å². The van der Waals surface area contributed by atoms with E-state index in [-0.39, 0.29) is 0 Å². The molecule has 0 N–H and O–H groups in total. The molecule has 0 heterocycles. The minimum Gasteiger partial charge on any atom is -0.281 e. The maximum absolute atomic E-state index is 7.50. The molecule has 0 atom stereocenters. The second-order valence-corrected chi connectivity index (χ2v) is 4.92. The van der Waals surface area contributed by atoms with Crippen molar-refractivity contribution < 1.29 is 29.4 Å². The molecule has 0 spiro atoms. The first-order chi connectivity index (χ1) is 6.89. The molecular formula is C12H15O2Pt. The number of hydrogen-bond donors (Lipinski definition) is 0. The third-order valence-electron chi connectivity index (χ3n) is 2.88. The Kier molecular flexibility index (Phi) is 7.78. The van der Waals surface area contributed by atoms with Crippen molar-refractivity contribution in [3.63, 3.8) is 0 Å². The average molecular weight is 386 g/mol. The van der Waals surface area contributed by atoms with Gasteiger partial charge in [-0.3, -0.25) is 9.59 Å². The van der Waals surface area contributed by atoms with Crippen LogP contribution in [0.2, 0.25) is 0 Å². The maximum Gasteiger partial charge on any atom is 0.281 e. The van der Waals surface area contributed by atoms with E-state index in [1.807, 2.05) is 0 Å². The fraction of sp³-hybridized carbons (Fsp3) is 0.500. The van der Waals surface area contributed by atoms with Crippen molar-refractivity contribution in [3.8, 4) is 0 Å². The molecule has 1 rings (SSSR count). The molecule has 0 aromatic rings. The molecule has 0 aromatic carbocycles. The summed E-state index contributed by atoms with van der Waals surface area (Å²) >= 11 is 2.45. The van der Waals surface area contributed by atoms with E-state index in [2.05, 4.69) is 68.0 Å². The van der Waals surface area contributed by atoms with Crippen LogP contribution in [0.3, 0.4) is 0 Å². The predicted octanol–water partition coefficient (Wildman–Crippen LogP) is 2.39. The minimum atomic E-state index is 0.301. The van der Waals surface area contributed by atoms with Gasteiger partial charge in [0.1, 0.15) is 0 Å². The Labute approximate surface area is 104 Å². The summed E-state index contributed by atoms with van der Waals surface area (Å²) in [4.78, 5) is 15.0. The minimum absolute atomic E-state index is 0.301. The molecule has 0 amide bonds. The molecule has 0 bridgehead atoms. The molecule has 3 heteroatoms. The van der Waals surface area contributed by atoms with Crippen LogP contribution < -0.4 is 0 Å². The summed E-state index contributed by atoms with van der Waals surface area (Å²) < 4.78 is 1.51. The van der Waals surface area contributed by atoms with Gasteiger partial charge in [0.2, 0.25) is 0 Å². The first-order valence-electron chi connectivity index (χ1n) is 4.32. The maximum atomic E-state index is 7.50. The van der Waals surface area contributed by atoms with Gasteiger partial charge in [-0.05, 0) is 0 Å². The van der Waals surface area contributed by atoms with Crippen LogP contribution in [-0.4, -0.2) is 13.6 Å². The Balaban J connectivity index is 0. The summed E-state index contributed by atoms with van der Waals surface area (Å²) in [5, 5.41) is 0. The second kappa shape index (κ2) is 6.89. The molecule has 15 heavy (non-hydrogen) atoms. The molecule has 2 nitrogen and oxygen atoms in total. The van der Waals surface area contributed by atoms with Crippen LogP contribution in [0.5, 0.6) is 0 Å². The van der Waals surface area contributed by atoms with Gasteiger partial charge in [0.05, 0.1) is 0 Å². The van der Waals surface area contributed by atoms with Crippen LogP contribution in [0.4, 0.5) is 0 Å². The quantitative estimate of drug-likeness (QED) is 0.641. The summed E-state index contributed by atoms with van der Waals surface area (Å²) in [5.41, 5.74) is 4.80.